The van der Waals surface area contributed by atoms with Crippen LogP contribution >= 0.6 is 0 Å². The quantitative estimate of drug-likeness (QED) is 0.0668. The molecule has 0 heterocycles. The zero-order valence-corrected chi connectivity index (χ0v) is 36.1. The van der Waals surface area contributed by atoms with E-state index < -0.39 is 92.8 Å². The third-order valence-electron chi connectivity index (χ3n) is 12.2. The van der Waals surface area contributed by atoms with Gasteiger partial charge in [-0.15, -0.1) is 0 Å². The number of carbonyl (C=O) groups excluding carboxylic acids is 6. The molecule has 0 unspecified atom stereocenters. The average molecular weight is 872 g/mol. The van der Waals surface area contributed by atoms with E-state index in [1.807, 2.05) is 63.2 Å². The normalized spacial score (nSPS) is 23.8. The number of anilines is 1. The van der Waals surface area contributed by atoms with Crippen LogP contribution < -0.4 is 21.8 Å². The number of ketones is 2. The summed E-state index contributed by atoms with van der Waals surface area (Å²) in [5.74, 6) is -9.57. The number of nitrogens with two attached hydrogens (primary N) is 1. The van der Waals surface area contributed by atoms with Crippen molar-refractivity contribution < 1.29 is 59.5 Å². The van der Waals surface area contributed by atoms with Gasteiger partial charge in [0.25, 0.3) is 5.91 Å². The Morgan fingerprint density at radius 1 is 0.937 bits per heavy atom. The first kappa shape index (κ1) is 47.9. The van der Waals surface area contributed by atoms with Crippen LogP contribution in [0, 0.1) is 23.7 Å². The van der Waals surface area contributed by atoms with E-state index >= 15 is 0 Å². The summed E-state index contributed by atoms with van der Waals surface area (Å²) in [6.45, 7) is 7.37. The third kappa shape index (κ3) is 9.32. The molecule has 0 saturated heterocycles. The lowest BCUT2D eigenvalue weighted by Gasteiger charge is -2.53. The highest BCUT2D eigenvalue weighted by molar-refractivity contribution is 6.24. The lowest BCUT2D eigenvalue weighted by molar-refractivity contribution is -0.159. The maximum absolute atomic E-state index is 13.7. The molecule has 0 aromatic heterocycles. The molecule has 63 heavy (non-hydrogen) atoms. The van der Waals surface area contributed by atoms with E-state index in [4.69, 9.17) is 10.9 Å². The molecule has 3 aromatic rings. The fourth-order valence-corrected chi connectivity index (χ4v) is 9.04. The van der Waals surface area contributed by atoms with E-state index in [1.165, 1.54) is 44.1 Å². The number of hydrogen-bond donors (Lipinski definition) is 10. The number of carbonyl (C=O) groups is 6. The molecule has 17 heteroatoms. The zero-order valence-electron chi connectivity index (χ0n) is 36.1. The summed E-state index contributed by atoms with van der Waals surface area (Å²) in [7, 11) is 3.01. The van der Waals surface area contributed by atoms with Crippen LogP contribution in [0.2, 0.25) is 0 Å². The van der Waals surface area contributed by atoms with Crippen LogP contribution in [0.4, 0.5) is 5.69 Å². The largest absolute Gasteiger partial charge is 0.508 e. The molecular weight excluding hydrogens is 815 g/mol. The summed E-state index contributed by atoms with van der Waals surface area (Å²) in [5.41, 5.74) is 1.70. The second-order valence-corrected chi connectivity index (χ2v) is 17.3. The standard InChI is InChI=1S/C24H33N3O4.C22H24N2O8/c1-4-5-8-19(15-22(28)27-31)23(29)26-21(13-16(2)3)24(30)25-20-12-11-17-9-6-7-10-18(17)14-20;1-21(31)8-5-4-6-11(25)12(8)16(26)13-9(21)7-10-15(24(2)3)17(27)14(20(23)30)19(29)22(10,32)18(13)28/h6-7,9-12,14,16,19,21,31H,4-5,8,13,15H2,1-3H3,(H,25,30)(H,26,29)(H,27,28);4-6,9-10,15,25-26,29,31-32H,7H2,1-3H3,(H2,23,30)/t19-,21+;9-,10-,15-,21+,22-/m10/s1. The molecule has 0 radical (unpaired) electrons. The van der Waals surface area contributed by atoms with Gasteiger partial charge in [0, 0.05) is 35.4 Å². The monoisotopic (exact) mass is 871 g/mol. The zero-order chi connectivity index (χ0) is 46.7. The van der Waals surface area contributed by atoms with Crippen molar-refractivity contribution in [3.63, 3.8) is 0 Å². The van der Waals surface area contributed by atoms with Gasteiger partial charge in [-0.05, 0) is 80.7 Å². The minimum Gasteiger partial charge on any atom is -0.508 e. The van der Waals surface area contributed by atoms with E-state index in [2.05, 4.69) is 10.6 Å². The predicted octanol–water partition coefficient (Wildman–Crippen LogP) is 3.64. The molecule has 0 spiro atoms. The number of aromatic hydroxyl groups is 1. The molecule has 1 saturated carbocycles. The summed E-state index contributed by atoms with van der Waals surface area (Å²) < 4.78 is 0. The topological polar surface area (TPSA) is 289 Å². The minimum atomic E-state index is -2.75. The van der Waals surface area contributed by atoms with Crippen LogP contribution in [-0.2, 0) is 34.4 Å². The highest BCUT2D eigenvalue weighted by atomic mass is 16.5. The smallest absolute Gasteiger partial charge is 0.255 e. The minimum absolute atomic E-state index is 0.122. The van der Waals surface area contributed by atoms with Crippen molar-refractivity contribution in [1.82, 2.24) is 15.7 Å². The van der Waals surface area contributed by atoms with Crippen molar-refractivity contribution >= 4 is 57.4 Å². The molecule has 7 atom stereocenters. The molecule has 0 bridgehead atoms. The lowest BCUT2D eigenvalue weighted by atomic mass is 9.54. The number of nitrogens with zero attached hydrogens (tertiary/aromatic N) is 1. The van der Waals surface area contributed by atoms with E-state index in [0.717, 1.165) is 23.6 Å². The van der Waals surface area contributed by atoms with Crippen LogP contribution in [-0.4, -0.2) is 103 Å². The number of fused-ring (bicyclic) bond motifs is 4. The molecule has 1 fully saturated rings. The van der Waals surface area contributed by atoms with Crippen molar-refractivity contribution in [2.75, 3.05) is 19.4 Å². The van der Waals surface area contributed by atoms with Gasteiger partial charge in [0.05, 0.1) is 17.2 Å². The molecule has 3 aliphatic carbocycles. The Bertz CT molecular complexity index is 2370. The number of hydroxylamine groups is 1. The van der Waals surface area contributed by atoms with Gasteiger partial charge in [-0.2, -0.15) is 0 Å². The number of unbranched alkanes of at least 4 members (excludes halogenated alkanes) is 1. The molecule has 338 valence electrons. The van der Waals surface area contributed by atoms with E-state index in [0.29, 0.717) is 18.5 Å². The molecule has 0 aliphatic heterocycles. The number of phenolic OH excluding ortho intramolecular Hbond substituents is 1. The van der Waals surface area contributed by atoms with Crippen LogP contribution in [0.5, 0.6) is 5.75 Å². The number of aliphatic hydroxyl groups is 4. The molecule has 3 aliphatic rings. The maximum Gasteiger partial charge on any atom is 0.255 e. The van der Waals surface area contributed by atoms with Crippen molar-refractivity contribution in [3.8, 4) is 5.75 Å². The molecule has 3 aromatic carbocycles. The van der Waals surface area contributed by atoms with Gasteiger partial charge in [0.1, 0.15) is 28.9 Å². The van der Waals surface area contributed by atoms with Gasteiger partial charge >= 0.3 is 0 Å². The van der Waals surface area contributed by atoms with Crippen LogP contribution in [0.3, 0.4) is 0 Å². The Kier molecular flexibility index (Phi) is 14.5. The first-order valence-electron chi connectivity index (χ1n) is 20.8. The maximum atomic E-state index is 13.7. The van der Waals surface area contributed by atoms with Gasteiger partial charge in [0.15, 0.2) is 11.4 Å². The van der Waals surface area contributed by atoms with Crippen molar-refractivity contribution in [1.29, 1.82) is 0 Å². The Morgan fingerprint density at radius 2 is 1.60 bits per heavy atom. The number of Topliss-reactive ketones (excluding diaryl/α,β-unsaturated/α-hetero) is 2. The van der Waals surface area contributed by atoms with Crippen molar-refractivity contribution in [2.45, 2.75) is 89.5 Å². The van der Waals surface area contributed by atoms with Gasteiger partial charge in [-0.25, -0.2) is 5.48 Å². The van der Waals surface area contributed by atoms with Gasteiger partial charge in [-0.1, -0.05) is 76.1 Å². The van der Waals surface area contributed by atoms with Gasteiger partial charge in [-0.3, -0.25) is 38.9 Å². The summed E-state index contributed by atoms with van der Waals surface area (Å²) >= 11 is 0. The van der Waals surface area contributed by atoms with Crippen LogP contribution in [0.15, 0.2) is 77.6 Å². The highest BCUT2D eigenvalue weighted by Gasteiger charge is 2.66. The number of benzene rings is 3. The number of primary amides is 1. The fraction of sp³-hybridized carbons (Fsp3) is 0.435. The number of hydrogen-bond acceptors (Lipinski definition) is 13. The van der Waals surface area contributed by atoms with Crippen molar-refractivity contribution in [3.05, 3.63) is 88.7 Å². The van der Waals surface area contributed by atoms with Crippen molar-refractivity contribution in [2.24, 2.45) is 29.4 Å². The Balaban J connectivity index is 0.000000238. The Labute approximate surface area is 364 Å². The first-order chi connectivity index (χ1) is 29.6. The SMILES string of the molecule is CCCC[C@H](CC(=O)NO)C(=O)N[C@@H](CC(C)C)C(=O)Nc1ccc2ccccc2c1.CN(C)[C@@H]1C(=O)C(C(N)=O)=C(O)[C@@]2(O)C(=O)C3=C(O)c4c(O)cccc4[C@@](C)(O)[C@H]3C[C@@H]12. The van der Waals surface area contributed by atoms with E-state index in [1.54, 1.807) is 5.48 Å². The first-order valence-corrected chi connectivity index (χ1v) is 20.8. The van der Waals surface area contributed by atoms with E-state index in [-0.39, 0.29) is 41.7 Å². The summed E-state index contributed by atoms with van der Waals surface area (Å²) in [5, 5.41) is 71.5. The molecule has 6 rings (SSSR count). The van der Waals surface area contributed by atoms with Crippen LogP contribution in [0.25, 0.3) is 16.5 Å². The fourth-order valence-electron chi connectivity index (χ4n) is 9.04. The third-order valence-corrected chi connectivity index (χ3v) is 12.2. The number of aliphatic hydroxyl groups excluding tert-OH is 2. The summed E-state index contributed by atoms with van der Waals surface area (Å²) in [6.07, 6.45) is 2.31. The number of nitrogens with one attached hydrogen (secondary N) is 3. The molecule has 17 nitrogen and oxygen atoms in total. The number of rotatable bonds is 13. The van der Waals surface area contributed by atoms with E-state index in [9.17, 15) is 54.3 Å². The Hall–Kier alpha value is -6.14. The highest BCUT2D eigenvalue weighted by Crippen LogP contribution is 2.57. The molecular formula is C46H57N5O12. The van der Waals surface area contributed by atoms with Gasteiger partial charge in [0.2, 0.25) is 23.5 Å². The summed E-state index contributed by atoms with van der Waals surface area (Å²) in [6, 6.07) is 15.8. The van der Waals surface area contributed by atoms with Crippen LogP contribution in [0.1, 0.15) is 77.3 Å². The number of amides is 4. The lowest BCUT2D eigenvalue weighted by Crippen LogP contribution is -2.67. The molecule has 4 amide bonds. The van der Waals surface area contributed by atoms with Gasteiger partial charge < -0.3 is 41.9 Å². The molecule has 11 N–H and O–H groups in total. The predicted molar refractivity (Wildman–Crippen MR) is 232 cm³/mol. The summed E-state index contributed by atoms with van der Waals surface area (Å²) in [4.78, 5) is 77.5. The number of phenols is 1. The Morgan fingerprint density at radius 3 is 2.21 bits per heavy atom. The average Bonchev–Trinajstić information content (AvgIpc) is 3.22. The second kappa shape index (κ2) is 19.1. The number of likely N-dealkylation sites (N-methyl/N-ethyl adjacent to an activating group) is 1. The second-order valence-electron chi connectivity index (χ2n) is 17.3.